The summed E-state index contributed by atoms with van der Waals surface area (Å²) in [6, 6.07) is 3.33. The van der Waals surface area contributed by atoms with Crippen molar-refractivity contribution in [3.8, 4) is 0 Å². The van der Waals surface area contributed by atoms with Crippen molar-refractivity contribution >= 4 is 22.8 Å². The highest BCUT2D eigenvalue weighted by Crippen LogP contribution is 2.32. The van der Waals surface area contributed by atoms with Crippen LogP contribution in [0.5, 0.6) is 0 Å². The van der Waals surface area contributed by atoms with E-state index < -0.39 is 21.1 Å². The van der Waals surface area contributed by atoms with Crippen molar-refractivity contribution < 1.29 is 15.0 Å². The Bertz CT molecular complexity index is 764. The number of allylic oxidation sites excluding steroid dienone is 2. The zero-order valence-electron chi connectivity index (χ0n) is 14.2. The number of nitrogens with zero attached hydrogens (tertiary/aromatic N) is 3. The maximum absolute atomic E-state index is 11.1. The Balaban J connectivity index is 2.29. The molecule has 2 rings (SSSR count). The minimum absolute atomic E-state index is 0.0106. The highest BCUT2D eigenvalue weighted by molar-refractivity contribution is 6.01. The fraction of sp³-hybridized carbons (Fsp3) is 0.438. The fourth-order valence-electron chi connectivity index (χ4n) is 2.59. The minimum atomic E-state index is -0.864. The fourth-order valence-corrected chi connectivity index (χ4v) is 2.59. The van der Waals surface area contributed by atoms with Crippen LogP contribution in [0, 0.1) is 26.1 Å². The van der Waals surface area contributed by atoms with E-state index in [1.165, 1.54) is 12.1 Å². The molecule has 1 aliphatic rings. The first kappa shape index (κ1) is 18.5. The molecular weight excluding hydrogens is 328 g/mol. The van der Waals surface area contributed by atoms with Gasteiger partial charge >= 0.3 is 5.69 Å². The number of hydrazone groups is 1. The Morgan fingerprint density at radius 3 is 2.52 bits per heavy atom. The first-order chi connectivity index (χ1) is 11.6. The molecule has 0 amide bonds. The van der Waals surface area contributed by atoms with Crippen LogP contribution >= 0.6 is 0 Å². The maximum atomic E-state index is 11.1. The third-order valence-corrected chi connectivity index (χ3v) is 4.30. The molecule has 1 aliphatic carbocycles. The van der Waals surface area contributed by atoms with E-state index >= 15 is 0 Å². The molecular formula is C16H20N4O5. The van der Waals surface area contributed by atoms with Crippen molar-refractivity contribution in [3.05, 3.63) is 50.1 Å². The molecule has 134 valence electrons. The number of hydrogen-bond donors (Lipinski definition) is 2. The molecule has 0 heterocycles. The zero-order chi connectivity index (χ0) is 18.8. The quantitative estimate of drug-likeness (QED) is 0.619. The number of benzene rings is 1. The van der Waals surface area contributed by atoms with Gasteiger partial charge in [0.05, 0.1) is 27.2 Å². The van der Waals surface area contributed by atoms with Gasteiger partial charge in [0.1, 0.15) is 5.69 Å². The molecule has 0 spiro atoms. The second kappa shape index (κ2) is 6.98. The minimum Gasteiger partial charge on any atom is -0.390 e. The van der Waals surface area contributed by atoms with Gasteiger partial charge in [0.25, 0.3) is 5.69 Å². The van der Waals surface area contributed by atoms with E-state index in [-0.39, 0.29) is 17.3 Å². The first-order valence-corrected chi connectivity index (χ1v) is 7.74. The van der Waals surface area contributed by atoms with Gasteiger partial charge in [0.15, 0.2) is 0 Å². The number of nitro groups is 2. The molecule has 25 heavy (non-hydrogen) atoms. The summed E-state index contributed by atoms with van der Waals surface area (Å²) >= 11 is 0. The normalized spacial score (nSPS) is 19.4. The summed E-state index contributed by atoms with van der Waals surface area (Å²) in [6.45, 7) is 5.35. The number of anilines is 1. The molecule has 1 aromatic carbocycles. The lowest BCUT2D eigenvalue weighted by molar-refractivity contribution is -0.393. The molecule has 0 saturated carbocycles. The largest absolute Gasteiger partial charge is 0.390 e. The van der Waals surface area contributed by atoms with Gasteiger partial charge in [-0.2, -0.15) is 5.10 Å². The van der Waals surface area contributed by atoms with E-state index in [9.17, 15) is 25.3 Å². The second-order valence-corrected chi connectivity index (χ2v) is 6.56. The van der Waals surface area contributed by atoms with Crippen LogP contribution in [0.2, 0.25) is 0 Å². The van der Waals surface area contributed by atoms with Gasteiger partial charge < -0.3 is 5.11 Å². The lowest BCUT2D eigenvalue weighted by atomic mass is 9.79. The van der Waals surface area contributed by atoms with Gasteiger partial charge in [-0.3, -0.25) is 25.7 Å². The lowest BCUT2D eigenvalue weighted by Gasteiger charge is -2.32. The Labute approximate surface area is 144 Å². The van der Waals surface area contributed by atoms with Crippen LogP contribution in [0.3, 0.4) is 0 Å². The van der Waals surface area contributed by atoms with Crippen LogP contribution in [0.15, 0.2) is 34.9 Å². The molecule has 0 unspecified atom stereocenters. The average molecular weight is 348 g/mol. The highest BCUT2D eigenvalue weighted by Gasteiger charge is 2.30. The molecule has 0 bridgehead atoms. The highest BCUT2D eigenvalue weighted by atomic mass is 16.6. The van der Waals surface area contributed by atoms with Crippen LogP contribution in [0.25, 0.3) is 0 Å². The summed E-state index contributed by atoms with van der Waals surface area (Å²) in [6.07, 6.45) is 3.22. The third-order valence-electron chi connectivity index (χ3n) is 4.30. The number of non-ortho nitro benzene ring substituents is 1. The number of rotatable bonds is 5. The van der Waals surface area contributed by atoms with Crippen molar-refractivity contribution in [2.45, 2.75) is 39.2 Å². The van der Waals surface area contributed by atoms with Gasteiger partial charge in [0.2, 0.25) is 0 Å². The molecule has 1 aromatic rings. The van der Waals surface area contributed by atoms with Crippen molar-refractivity contribution in [2.75, 3.05) is 5.43 Å². The Morgan fingerprint density at radius 2 is 1.96 bits per heavy atom. The Kier molecular flexibility index (Phi) is 5.17. The lowest BCUT2D eigenvalue weighted by Crippen LogP contribution is -2.34. The average Bonchev–Trinajstić information content (AvgIpc) is 2.52. The Hall–Kier alpha value is -2.81. The van der Waals surface area contributed by atoms with Crippen molar-refractivity contribution in [3.63, 3.8) is 0 Å². The van der Waals surface area contributed by atoms with E-state index in [4.69, 9.17) is 0 Å². The summed E-state index contributed by atoms with van der Waals surface area (Å²) in [5.41, 5.74) is 2.67. The summed E-state index contributed by atoms with van der Waals surface area (Å²) in [5.74, 6) is -0.0106. The van der Waals surface area contributed by atoms with E-state index in [1.807, 2.05) is 13.0 Å². The van der Waals surface area contributed by atoms with E-state index in [2.05, 4.69) is 10.5 Å². The van der Waals surface area contributed by atoms with E-state index in [0.717, 1.165) is 18.1 Å². The van der Waals surface area contributed by atoms with Gasteiger partial charge in [0, 0.05) is 6.07 Å². The molecule has 0 aromatic heterocycles. The van der Waals surface area contributed by atoms with Crippen LogP contribution < -0.4 is 5.43 Å². The van der Waals surface area contributed by atoms with Gasteiger partial charge in [-0.25, -0.2) is 0 Å². The second-order valence-electron chi connectivity index (χ2n) is 6.56. The van der Waals surface area contributed by atoms with Gasteiger partial charge in [-0.15, -0.1) is 0 Å². The predicted molar refractivity (Wildman–Crippen MR) is 93.6 cm³/mol. The SMILES string of the molecule is CC1=CC[C@H](C(C)(C)O)C/C1=N\Nc1ccc([N+](=O)[O-])cc1[N+](=O)[O-]. The van der Waals surface area contributed by atoms with Gasteiger partial charge in [-0.05, 0) is 51.2 Å². The zero-order valence-corrected chi connectivity index (χ0v) is 14.2. The number of aliphatic hydroxyl groups is 1. The van der Waals surface area contributed by atoms with Crippen LogP contribution in [0.4, 0.5) is 17.1 Å². The van der Waals surface area contributed by atoms with E-state index in [1.54, 1.807) is 13.8 Å². The maximum Gasteiger partial charge on any atom is 0.301 e. The molecule has 0 aliphatic heterocycles. The summed E-state index contributed by atoms with van der Waals surface area (Å²) in [7, 11) is 0. The monoisotopic (exact) mass is 348 g/mol. The summed E-state index contributed by atoms with van der Waals surface area (Å²) in [4.78, 5) is 20.5. The summed E-state index contributed by atoms with van der Waals surface area (Å²) < 4.78 is 0. The summed E-state index contributed by atoms with van der Waals surface area (Å²) in [5, 5.41) is 36.3. The van der Waals surface area contributed by atoms with Gasteiger partial charge in [-0.1, -0.05) is 6.08 Å². The van der Waals surface area contributed by atoms with Crippen molar-refractivity contribution in [1.82, 2.24) is 0 Å². The number of nitrogens with one attached hydrogen (secondary N) is 1. The molecule has 0 radical (unpaired) electrons. The number of nitro benzene ring substituents is 2. The topological polar surface area (TPSA) is 131 Å². The van der Waals surface area contributed by atoms with Crippen molar-refractivity contribution in [1.29, 1.82) is 0 Å². The van der Waals surface area contributed by atoms with Crippen LogP contribution in [-0.4, -0.2) is 26.3 Å². The van der Waals surface area contributed by atoms with Crippen LogP contribution in [0.1, 0.15) is 33.6 Å². The number of hydrogen-bond acceptors (Lipinski definition) is 7. The van der Waals surface area contributed by atoms with Crippen molar-refractivity contribution in [2.24, 2.45) is 11.0 Å². The molecule has 9 nitrogen and oxygen atoms in total. The third kappa shape index (κ3) is 4.38. The molecule has 0 saturated heterocycles. The molecule has 2 N–H and O–H groups in total. The van der Waals surface area contributed by atoms with Crippen LogP contribution in [-0.2, 0) is 0 Å². The molecule has 1 atom stereocenters. The predicted octanol–water partition coefficient (Wildman–Crippen LogP) is 3.40. The molecule has 0 fully saturated rings. The van der Waals surface area contributed by atoms with E-state index in [0.29, 0.717) is 12.1 Å². The Morgan fingerprint density at radius 1 is 1.28 bits per heavy atom. The smallest absolute Gasteiger partial charge is 0.301 e. The standard InChI is InChI=1S/C16H20N4O5/c1-10-4-5-11(16(2,3)21)8-14(10)18-17-13-7-6-12(19(22)23)9-15(13)20(24)25/h4,6-7,9,11,17,21H,5,8H2,1-3H3/b18-14+/t11-/m0/s1. The first-order valence-electron chi connectivity index (χ1n) is 7.74. The molecule has 9 heteroatoms.